The number of carbonyl (C=O) groups excluding carboxylic acids is 1. The quantitative estimate of drug-likeness (QED) is 0.227. The number of carbonyl (C=O) groups is 1. The summed E-state index contributed by atoms with van der Waals surface area (Å²) in [6, 6.07) is 18.6. The molecule has 0 aliphatic heterocycles. The first kappa shape index (κ1) is 22.8. The third-order valence-electron chi connectivity index (χ3n) is 4.43. The van der Waals surface area contributed by atoms with Crippen LogP contribution in [0.3, 0.4) is 0 Å². The fraction of sp³-hybridized carbons (Fsp3) is 0.0833. The molecule has 3 aromatic rings. The molecule has 0 heterocycles. The molecule has 3 rings (SSSR count). The molecule has 31 heavy (non-hydrogen) atoms. The topological polar surface area (TPSA) is 62.1 Å². The zero-order valence-corrected chi connectivity index (χ0v) is 19.4. The van der Waals surface area contributed by atoms with Gasteiger partial charge in [0.25, 0.3) is 5.91 Å². The highest BCUT2D eigenvalue weighted by Gasteiger charge is 2.14. The van der Waals surface area contributed by atoms with Crippen molar-refractivity contribution in [2.24, 2.45) is 0 Å². The zero-order valence-electron chi connectivity index (χ0n) is 16.5. The predicted molar refractivity (Wildman–Crippen MR) is 129 cm³/mol. The van der Waals surface area contributed by atoms with Crippen LogP contribution in [-0.4, -0.2) is 13.0 Å². The summed E-state index contributed by atoms with van der Waals surface area (Å²) >= 11 is 8.11. The minimum absolute atomic E-state index is 0.0595. The number of nitriles is 1. The van der Waals surface area contributed by atoms with Gasteiger partial charge in [-0.25, -0.2) is 4.39 Å². The number of methoxy groups -OCH3 is 1. The maximum absolute atomic E-state index is 13.5. The lowest BCUT2D eigenvalue weighted by atomic mass is 10.0. The molecule has 156 valence electrons. The first-order valence-electron chi connectivity index (χ1n) is 9.19. The predicted octanol–water partition coefficient (Wildman–Crippen LogP) is 6.23. The lowest BCUT2D eigenvalue weighted by Crippen LogP contribution is -2.13. The highest BCUT2D eigenvalue weighted by Crippen LogP contribution is 2.30. The van der Waals surface area contributed by atoms with E-state index in [4.69, 9.17) is 16.3 Å². The molecule has 0 aliphatic carbocycles. The smallest absolute Gasteiger partial charge is 0.266 e. The van der Waals surface area contributed by atoms with Crippen LogP contribution in [0.1, 0.15) is 16.7 Å². The summed E-state index contributed by atoms with van der Waals surface area (Å²) in [5.41, 5.74) is 2.79. The number of amides is 1. The Labute approximate surface area is 198 Å². The molecule has 0 atom stereocenters. The zero-order chi connectivity index (χ0) is 22.4. The van der Waals surface area contributed by atoms with E-state index in [9.17, 15) is 14.4 Å². The Morgan fingerprint density at radius 1 is 1.23 bits per heavy atom. The van der Waals surface area contributed by atoms with Crippen molar-refractivity contribution in [1.29, 1.82) is 5.26 Å². The summed E-state index contributed by atoms with van der Waals surface area (Å²) in [4.78, 5) is 12.5. The molecule has 0 spiro atoms. The van der Waals surface area contributed by atoms with Crippen molar-refractivity contribution in [3.63, 3.8) is 0 Å². The van der Waals surface area contributed by atoms with Gasteiger partial charge in [0.05, 0.1) is 7.11 Å². The van der Waals surface area contributed by atoms with Crippen molar-refractivity contribution in [2.75, 3.05) is 12.4 Å². The van der Waals surface area contributed by atoms with Crippen LogP contribution in [-0.2, 0) is 11.2 Å². The summed E-state index contributed by atoms with van der Waals surface area (Å²) in [5, 5.41) is 12.6. The van der Waals surface area contributed by atoms with Gasteiger partial charge in [-0.05, 0) is 82.3 Å². The van der Waals surface area contributed by atoms with Gasteiger partial charge in [0.15, 0.2) is 0 Å². The summed E-state index contributed by atoms with van der Waals surface area (Å²) in [7, 11) is 1.55. The highest BCUT2D eigenvalue weighted by atomic mass is 127. The molecule has 0 saturated heterocycles. The number of anilines is 1. The van der Waals surface area contributed by atoms with Crippen LogP contribution in [0.4, 0.5) is 10.1 Å². The van der Waals surface area contributed by atoms with Gasteiger partial charge in [0.1, 0.15) is 23.2 Å². The molecule has 1 N–H and O–H groups in total. The van der Waals surface area contributed by atoms with Crippen molar-refractivity contribution in [1.82, 2.24) is 0 Å². The van der Waals surface area contributed by atoms with Gasteiger partial charge >= 0.3 is 0 Å². The fourth-order valence-electron chi connectivity index (χ4n) is 3.00. The lowest BCUT2D eigenvalue weighted by Gasteiger charge is -2.13. The van der Waals surface area contributed by atoms with Crippen molar-refractivity contribution in [3.05, 3.63) is 97.3 Å². The largest absolute Gasteiger partial charge is 0.496 e. The van der Waals surface area contributed by atoms with Crippen LogP contribution in [0.25, 0.3) is 6.08 Å². The molecule has 0 saturated carbocycles. The average Bonchev–Trinajstić information content (AvgIpc) is 2.73. The van der Waals surface area contributed by atoms with Gasteiger partial charge in [-0.3, -0.25) is 4.79 Å². The second-order valence-electron chi connectivity index (χ2n) is 6.62. The molecule has 7 heteroatoms. The first-order valence-corrected chi connectivity index (χ1v) is 10.6. The van der Waals surface area contributed by atoms with Gasteiger partial charge in [-0.1, -0.05) is 29.8 Å². The maximum atomic E-state index is 13.5. The van der Waals surface area contributed by atoms with Crippen LogP contribution >= 0.6 is 34.2 Å². The van der Waals surface area contributed by atoms with Crippen LogP contribution in [0.15, 0.2) is 66.2 Å². The van der Waals surface area contributed by atoms with Gasteiger partial charge in [0.2, 0.25) is 0 Å². The normalized spacial score (nSPS) is 11.0. The van der Waals surface area contributed by atoms with Crippen molar-refractivity contribution in [3.8, 4) is 11.8 Å². The third kappa shape index (κ3) is 6.06. The number of nitrogens with one attached hydrogen (secondary N) is 1. The number of ether oxygens (including phenoxy) is 1. The van der Waals surface area contributed by atoms with Crippen molar-refractivity contribution >= 4 is 51.9 Å². The number of nitrogens with zero attached hydrogens (tertiary/aromatic N) is 1. The van der Waals surface area contributed by atoms with Crippen LogP contribution < -0.4 is 10.1 Å². The number of hydrogen-bond acceptors (Lipinski definition) is 3. The molecule has 0 radical (unpaired) electrons. The molecule has 3 aromatic carbocycles. The Morgan fingerprint density at radius 2 is 2.00 bits per heavy atom. The third-order valence-corrected chi connectivity index (χ3v) is 5.62. The van der Waals surface area contributed by atoms with E-state index in [1.165, 1.54) is 18.2 Å². The summed E-state index contributed by atoms with van der Waals surface area (Å²) < 4.78 is 19.9. The minimum atomic E-state index is -0.539. The number of halogens is 3. The maximum Gasteiger partial charge on any atom is 0.266 e. The molecule has 0 aliphatic rings. The van der Waals surface area contributed by atoms with E-state index in [0.717, 1.165) is 14.7 Å². The number of hydrogen-bond donors (Lipinski definition) is 1. The van der Waals surface area contributed by atoms with Gasteiger partial charge in [-0.2, -0.15) is 5.26 Å². The van der Waals surface area contributed by atoms with E-state index < -0.39 is 5.91 Å². The Kier molecular flexibility index (Phi) is 7.66. The van der Waals surface area contributed by atoms with Crippen molar-refractivity contribution in [2.45, 2.75) is 6.42 Å². The second kappa shape index (κ2) is 10.4. The van der Waals surface area contributed by atoms with E-state index in [1.54, 1.807) is 43.5 Å². The number of rotatable bonds is 6. The Balaban J connectivity index is 1.89. The monoisotopic (exact) mass is 546 g/mol. The first-order chi connectivity index (χ1) is 14.9. The summed E-state index contributed by atoms with van der Waals surface area (Å²) in [5.74, 6) is -0.243. The van der Waals surface area contributed by atoms with Crippen LogP contribution in [0.2, 0.25) is 5.02 Å². The minimum Gasteiger partial charge on any atom is -0.496 e. The fourth-order valence-corrected chi connectivity index (χ4v) is 4.01. The summed E-state index contributed by atoms with van der Waals surface area (Å²) in [6.07, 6.45) is 1.99. The van der Waals surface area contributed by atoms with Crippen molar-refractivity contribution < 1.29 is 13.9 Å². The molecule has 0 aromatic heterocycles. The molecule has 4 nitrogen and oxygen atoms in total. The molecule has 0 unspecified atom stereocenters. The molecule has 0 bridgehead atoms. The Morgan fingerprint density at radius 3 is 2.68 bits per heavy atom. The van der Waals surface area contributed by atoms with Crippen LogP contribution in [0.5, 0.6) is 5.75 Å². The van der Waals surface area contributed by atoms with E-state index in [2.05, 4.69) is 27.9 Å². The second-order valence-corrected chi connectivity index (χ2v) is 8.22. The lowest BCUT2D eigenvalue weighted by molar-refractivity contribution is -0.112. The number of benzene rings is 3. The molecular weight excluding hydrogens is 530 g/mol. The van der Waals surface area contributed by atoms with Crippen LogP contribution in [0, 0.1) is 20.7 Å². The SMILES string of the molecule is COc1cc(/C=C(\C#N)C(=O)Nc2cccc(Cl)c2)cc(I)c1Cc1cccc(F)c1. The van der Waals surface area contributed by atoms with E-state index >= 15 is 0 Å². The molecule has 1 amide bonds. The Hall–Kier alpha value is -2.89. The van der Waals surface area contributed by atoms with Gasteiger partial charge in [0, 0.05) is 26.3 Å². The van der Waals surface area contributed by atoms with Gasteiger partial charge < -0.3 is 10.1 Å². The molecule has 0 fully saturated rings. The summed E-state index contributed by atoms with van der Waals surface area (Å²) in [6.45, 7) is 0. The standard InChI is InChI=1S/C24H17ClFIN2O2/c1-31-23-12-16(11-22(27)21(23)10-15-4-2-6-19(26)9-15)8-17(14-28)24(30)29-20-7-3-5-18(25)13-20/h2-9,11-13H,10H2,1H3,(H,29,30)/b17-8+. The molecular formula is C24H17ClFIN2O2. The van der Waals surface area contributed by atoms with E-state index in [0.29, 0.717) is 28.4 Å². The average molecular weight is 547 g/mol. The van der Waals surface area contributed by atoms with E-state index in [-0.39, 0.29) is 11.4 Å². The van der Waals surface area contributed by atoms with Gasteiger partial charge in [-0.15, -0.1) is 0 Å². The Bertz CT molecular complexity index is 1200. The van der Waals surface area contributed by atoms with E-state index in [1.807, 2.05) is 18.2 Å². The highest BCUT2D eigenvalue weighted by molar-refractivity contribution is 14.1.